The summed E-state index contributed by atoms with van der Waals surface area (Å²) in [6.45, 7) is 0. The van der Waals surface area contributed by atoms with Gasteiger partial charge in [0.25, 0.3) is 0 Å². The van der Waals surface area contributed by atoms with E-state index in [1.54, 1.807) is 7.05 Å². The second kappa shape index (κ2) is 6.64. The van der Waals surface area contributed by atoms with Gasteiger partial charge in [-0.05, 0) is 35.9 Å². The van der Waals surface area contributed by atoms with Gasteiger partial charge >= 0.3 is 0 Å². The molecule has 2 aromatic carbocycles. The number of anilines is 1. The lowest BCUT2D eigenvalue weighted by molar-refractivity contribution is 0.602. The first-order chi connectivity index (χ1) is 13.1. The molecule has 0 radical (unpaired) electrons. The zero-order valence-electron chi connectivity index (χ0n) is 14.0. The average Bonchev–Trinajstić information content (AvgIpc) is 2.69. The van der Waals surface area contributed by atoms with Crippen molar-refractivity contribution >= 4 is 16.7 Å². The molecule has 4 rings (SSSR count). The summed E-state index contributed by atoms with van der Waals surface area (Å²) >= 11 is 0. The van der Waals surface area contributed by atoms with Gasteiger partial charge in [0.05, 0.1) is 6.20 Å². The monoisotopic (exact) mass is 367 g/mol. The van der Waals surface area contributed by atoms with Gasteiger partial charge in [0.2, 0.25) is 0 Å². The summed E-state index contributed by atoms with van der Waals surface area (Å²) in [6, 6.07) is 5.66. The van der Waals surface area contributed by atoms with Crippen LogP contribution in [0, 0.1) is 17.5 Å². The smallest absolute Gasteiger partial charge is 0.182 e. The van der Waals surface area contributed by atoms with Crippen molar-refractivity contribution in [1.82, 2.24) is 19.9 Å². The molecule has 0 aliphatic rings. The van der Waals surface area contributed by atoms with Crippen LogP contribution in [0.2, 0.25) is 0 Å². The molecule has 0 aliphatic heterocycles. The molecule has 27 heavy (non-hydrogen) atoms. The Balaban J connectivity index is 1.96. The molecule has 2 heterocycles. The van der Waals surface area contributed by atoms with E-state index >= 15 is 0 Å². The van der Waals surface area contributed by atoms with Crippen molar-refractivity contribution in [2.45, 2.75) is 0 Å². The second-order valence-corrected chi connectivity index (χ2v) is 5.71. The standard InChI is InChI=1S/C19H12F3N5/c1-23-18-13-6-10(12-8-11(20)2-3-14(12)21)7-15(22)17(13)26-19(27-18)16-9-24-4-5-25-16/h2-9H,1H3,(H,23,26,27). The second-order valence-electron chi connectivity index (χ2n) is 5.71. The van der Waals surface area contributed by atoms with E-state index in [4.69, 9.17) is 0 Å². The summed E-state index contributed by atoms with van der Waals surface area (Å²) in [4.78, 5) is 16.7. The fraction of sp³-hybridized carbons (Fsp3) is 0.0526. The molecule has 0 spiro atoms. The summed E-state index contributed by atoms with van der Waals surface area (Å²) in [6.07, 6.45) is 4.45. The number of hydrogen-bond donors (Lipinski definition) is 1. The maximum absolute atomic E-state index is 14.8. The Morgan fingerprint density at radius 1 is 0.926 bits per heavy atom. The third-order valence-corrected chi connectivity index (χ3v) is 4.02. The summed E-state index contributed by atoms with van der Waals surface area (Å²) in [7, 11) is 1.62. The highest BCUT2D eigenvalue weighted by molar-refractivity contribution is 5.94. The molecule has 0 saturated heterocycles. The Morgan fingerprint density at radius 3 is 2.52 bits per heavy atom. The molecule has 0 atom stereocenters. The van der Waals surface area contributed by atoms with Gasteiger partial charge in [-0.2, -0.15) is 0 Å². The van der Waals surface area contributed by atoms with E-state index in [0.717, 1.165) is 24.3 Å². The minimum absolute atomic E-state index is 0.0376. The summed E-state index contributed by atoms with van der Waals surface area (Å²) < 4.78 is 42.4. The first-order valence-electron chi connectivity index (χ1n) is 7.97. The van der Waals surface area contributed by atoms with E-state index in [1.165, 1.54) is 24.7 Å². The Hall–Kier alpha value is -3.55. The van der Waals surface area contributed by atoms with Gasteiger partial charge in [0.15, 0.2) is 5.82 Å². The molecular formula is C19H12F3N5. The molecule has 0 fully saturated rings. The molecule has 0 unspecified atom stereocenters. The number of aromatic nitrogens is 4. The van der Waals surface area contributed by atoms with Crippen LogP contribution in [0.3, 0.4) is 0 Å². The van der Waals surface area contributed by atoms with Gasteiger partial charge in [0, 0.05) is 30.4 Å². The normalized spacial score (nSPS) is 11.0. The Labute approximate surface area is 152 Å². The van der Waals surface area contributed by atoms with Crippen LogP contribution in [0.1, 0.15) is 0 Å². The molecule has 4 aromatic rings. The van der Waals surface area contributed by atoms with E-state index < -0.39 is 17.5 Å². The highest BCUT2D eigenvalue weighted by Gasteiger charge is 2.16. The molecule has 5 nitrogen and oxygen atoms in total. The SMILES string of the molecule is CNc1nc(-c2cnccn2)nc2c(F)cc(-c3cc(F)ccc3F)cc12. The van der Waals surface area contributed by atoms with Crippen LogP contribution in [0.25, 0.3) is 33.5 Å². The largest absolute Gasteiger partial charge is 0.373 e. The molecule has 2 aromatic heterocycles. The fourth-order valence-electron chi connectivity index (χ4n) is 2.78. The number of rotatable bonds is 3. The zero-order chi connectivity index (χ0) is 19.0. The van der Waals surface area contributed by atoms with Gasteiger partial charge in [-0.25, -0.2) is 28.1 Å². The minimum Gasteiger partial charge on any atom is -0.373 e. The van der Waals surface area contributed by atoms with Gasteiger partial charge < -0.3 is 5.32 Å². The third-order valence-electron chi connectivity index (χ3n) is 4.02. The maximum atomic E-state index is 14.8. The third kappa shape index (κ3) is 3.05. The van der Waals surface area contributed by atoms with Crippen molar-refractivity contribution in [3.05, 3.63) is 66.4 Å². The summed E-state index contributed by atoms with van der Waals surface area (Å²) in [5.41, 5.74) is 0.561. The number of hydrogen-bond acceptors (Lipinski definition) is 5. The number of nitrogens with zero attached hydrogens (tertiary/aromatic N) is 4. The van der Waals surface area contributed by atoms with E-state index in [1.807, 2.05) is 0 Å². The van der Waals surface area contributed by atoms with Gasteiger partial charge in [0.1, 0.15) is 34.5 Å². The highest BCUT2D eigenvalue weighted by atomic mass is 19.1. The maximum Gasteiger partial charge on any atom is 0.182 e. The first kappa shape index (κ1) is 16.9. The Kier molecular flexibility index (Phi) is 4.15. The number of halogens is 3. The van der Waals surface area contributed by atoms with Crippen LogP contribution in [-0.4, -0.2) is 27.0 Å². The zero-order valence-corrected chi connectivity index (χ0v) is 14.0. The summed E-state index contributed by atoms with van der Waals surface area (Å²) in [5, 5.41) is 3.22. The van der Waals surface area contributed by atoms with Gasteiger partial charge in [-0.1, -0.05) is 0 Å². The average molecular weight is 367 g/mol. The number of fused-ring (bicyclic) bond motifs is 1. The molecular weight excluding hydrogens is 355 g/mol. The van der Waals surface area contributed by atoms with Crippen LogP contribution in [0.4, 0.5) is 19.0 Å². The first-order valence-corrected chi connectivity index (χ1v) is 7.97. The van der Waals surface area contributed by atoms with Crippen molar-refractivity contribution in [2.24, 2.45) is 0 Å². The van der Waals surface area contributed by atoms with Crippen LogP contribution < -0.4 is 5.32 Å². The molecule has 134 valence electrons. The summed E-state index contributed by atoms with van der Waals surface area (Å²) in [5.74, 6) is -1.43. The van der Waals surface area contributed by atoms with Crippen molar-refractivity contribution < 1.29 is 13.2 Å². The van der Waals surface area contributed by atoms with Crippen molar-refractivity contribution in [3.63, 3.8) is 0 Å². The van der Waals surface area contributed by atoms with Crippen LogP contribution in [0.5, 0.6) is 0 Å². The van der Waals surface area contributed by atoms with E-state index in [-0.39, 0.29) is 22.5 Å². The molecule has 0 saturated carbocycles. The number of nitrogens with one attached hydrogen (secondary N) is 1. The quantitative estimate of drug-likeness (QED) is 0.588. The topological polar surface area (TPSA) is 63.6 Å². The van der Waals surface area contributed by atoms with Crippen LogP contribution >= 0.6 is 0 Å². The molecule has 0 bridgehead atoms. The minimum atomic E-state index is -0.685. The van der Waals surface area contributed by atoms with Crippen molar-refractivity contribution in [3.8, 4) is 22.6 Å². The molecule has 1 N–H and O–H groups in total. The predicted octanol–water partition coefficient (Wildman–Crippen LogP) is 4.21. The van der Waals surface area contributed by atoms with Crippen molar-refractivity contribution in [1.29, 1.82) is 0 Å². The van der Waals surface area contributed by atoms with Gasteiger partial charge in [-0.15, -0.1) is 0 Å². The lowest BCUT2D eigenvalue weighted by Gasteiger charge is -2.11. The van der Waals surface area contributed by atoms with E-state index in [9.17, 15) is 13.2 Å². The molecule has 0 amide bonds. The van der Waals surface area contributed by atoms with Crippen LogP contribution in [0.15, 0.2) is 48.9 Å². The fourth-order valence-corrected chi connectivity index (χ4v) is 2.78. The molecule has 0 aliphatic carbocycles. The van der Waals surface area contributed by atoms with Crippen LogP contribution in [-0.2, 0) is 0 Å². The lowest BCUT2D eigenvalue weighted by atomic mass is 10.0. The molecule has 8 heteroatoms. The van der Waals surface area contributed by atoms with Crippen molar-refractivity contribution in [2.75, 3.05) is 12.4 Å². The Morgan fingerprint density at radius 2 is 1.78 bits per heavy atom. The van der Waals surface area contributed by atoms with Gasteiger partial charge in [-0.3, -0.25) is 4.98 Å². The highest BCUT2D eigenvalue weighted by Crippen LogP contribution is 2.32. The Bertz CT molecular complexity index is 1150. The van der Waals surface area contributed by atoms with E-state index in [0.29, 0.717) is 16.9 Å². The number of benzene rings is 2. The van der Waals surface area contributed by atoms with E-state index in [2.05, 4.69) is 25.3 Å². The lowest BCUT2D eigenvalue weighted by Crippen LogP contribution is -2.02. The predicted molar refractivity (Wildman–Crippen MR) is 95.4 cm³/mol.